The van der Waals surface area contributed by atoms with Crippen molar-refractivity contribution in [1.82, 2.24) is 20.4 Å². The van der Waals surface area contributed by atoms with Gasteiger partial charge in [0.15, 0.2) is 12.6 Å². The highest BCUT2D eigenvalue weighted by atomic mass is 16.7. The van der Waals surface area contributed by atoms with Crippen LogP contribution in [0.4, 0.5) is 4.79 Å². The average molecular weight is 989 g/mol. The molecule has 0 saturated carbocycles. The van der Waals surface area contributed by atoms with Gasteiger partial charge in [0.25, 0.3) is 0 Å². The lowest BCUT2D eigenvalue weighted by Crippen LogP contribution is -2.60. The van der Waals surface area contributed by atoms with Crippen LogP contribution < -0.4 is 10.6 Å². The summed E-state index contributed by atoms with van der Waals surface area (Å²) in [4.78, 5) is 31.8. The van der Waals surface area contributed by atoms with E-state index in [2.05, 4.69) is 10.6 Å². The van der Waals surface area contributed by atoms with E-state index < -0.39 is 96.0 Å². The number of likely N-dealkylation sites (N-methyl/N-ethyl adjacent to an activating group) is 1. The number of hydrogen-bond donors (Lipinski definition) is 7. The number of carbonyl (C=O) groups excluding carboxylic acids is 2. The zero-order chi connectivity index (χ0) is 52.0. The molecule has 0 bridgehead atoms. The molecule has 3 heterocycles. The monoisotopic (exact) mass is 989 g/mol. The maximum Gasteiger partial charge on any atom is 0.315 e. The van der Waals surface area contributed by atoms with Gasteiger partial charge in [-0.25, -0.2) is 4.79 Å². The van der Waals surface area contributed by atoms with E-state index in [1.165, 1.54) is 14.0 Å². The summed E-state index contributed by atoms with van der Waals surface area (Å²) in [6, 6.07) is 12.5. The predicted octanol–water partition coefficient (Wildman–Crippen LogP) is 4.87. The third-order valence-electron chi connectivity index (χ3n) is 15.6. The number of nitrogens with zero attached hydrogens (tertiary/aromatic N) is 2. The van der Waals surface area contributed by atoms with E-state index >= 15 is 0 Å². The summed E-state index contributed by atoms with van der Waals surface area (Å²) >= 11 is 0. The first-order valence-corrected chi connectivity index (χ1v) is 25.5. The SMILES string of the molecule is CC[C@H]1OC(=O)[C@H](C)[C@@H](O[C@H]2C[C@@](C)(OC)[C@@H](O)[C@H](C)O2)[C@H](C)[C@@H](O[C@@H]2O[C@H](C)C[C@H](N(C)C)[C@H]2O)[C@](C)(O)C[C@@H](C)CN(CCCNC(=O)NC(C)c2cccc3ccccc23)[C@H](C)[C@@H](O)[C@]1(C)O. The molecule has 2 amide bonds. The van der Waals surface area contributed by atoms with Crippen molar-refractivity contribution >= 4 is 22.8 Å². The van der Waals surface area contributed by atoms with Crippen LogP contribution in [0.25, 0.3) is 10.8 Å². The van der Waals surface area contributed by atoms with Gasteiger partial charge in [-0.1, -0.05) is 63.2 Å². The van der Waals surface area contributed by atoms with Gasteiger partial charge in [0.1, 0.15) is 30.0 Å². The van der Waals surface area contributed by atoms with Crippen molar-refractivity contribution in [1.29, 1.82) is 0 Å². The van der Waals surface area contributed by atoms with Crippen LogP contribution in [-0.2, 0) is 33.2 Å². The van der Waals surface area contributed by atoms with Gasteiger partial charge in [0.05, 0.1) is 47.6 Å². The minimum absolute atomic E-state index is 0.0993. The molecule has 17 heteroatoms. The maximum absolute atomic E-state index is 14.6. The Balaban J connectivity index is 1.46. The highest BCUT2D eigenvalue weighted by Crippen LogP contribution is 2.40. The minimum atomic E-state index is -1.92. The van der Waals surface area contributed by atoms with Crippen molar-refractivity contribution in [2.45, 2.75) is 205 Å². The number of fused-ring (bicyclic) bond motifs is 1. The van der Waals surface area contributed by atoms with Crippen molar-refractivity contribution in [2.75, 3.05) is 40.8 Å². The van der Waals surface area contributed by atoms with Gasteiger partial charge >= 0.3 is 12.0 Å². The summed E-state index contributed by atoms with van der Waals surface area (Å²) < 4.78 is 38.2. The van der Waals surface area contributed by atoms with Crippen molar-refractivity contribution in [2.24, 2.45) is 17.8 Å². The molecule has 398 valence electrons. The van der Waals surface area contributed by atoms with E-state index in [1.54, 1.807) is 34.6 Å². The number of methoxy groups -OCH3 is 1. The van der Waals surface area contributed by atoms with E-state index in [0.717, 1.165) is 16.3 Å². The molecule has 2 aromatic rings. The standard InChI is InChI=1S/C53H88N4O13/c1-15-41-53(11,64)45(59)35(7)57(25-19-24-54-50(62)55-34(6)38-23-18-21-37-20-16-17-22-39(37)38)29-30(2)27-51(9,63)47(70-49-43(58)40(56(12)13)26-31(3)66-49)32(4)44(33(5)48(61)68-41)69-42-28-52(10,65-14)46(60)36(8)67-42/h16-18,20-23,30-36,40-47,49,58-60,63-64H,15,19,24-29H2,1-14H3,(H2,54,55,62)/t30-,31-,32+,33-,34?,35-,36+,40+,41-,42+,43-,44+,45-,46+,47-,49+,51-,52-,53-/m1/s1. The molecule has 17 nitrogen and oxygen atoms in total. The molecule has 3 fully saturated rings. The fourth-order valence-corrected chi connectivity index (χ4v) is 11.3. The van der Waals surface area contributed by atoms with Crippen molar-refractivity contribution in [3.8, 4) is 0 Å². The number of amides is 2. The third kappa shape index (κ3) is 13.6. The molecule has 3 saturated heterocycles. The molecule has 0 aliphatic carbocycles. The molecular weight excluding hydrogens is 901 g/mol. The van der Waals surface area contributed by atoms with Crippen LogP contribution in [-0.4, -0.2) is 178 Å². The van der Waals surface area contributed by atoms with E-state index in [0.29, 0.717) is 32.5 Å². The second-order valence-corrected chi connectivity index (χ2v) is 21.8. The summed E-state index contributed by atoms with van der Waals surface area (Å²) in [5.41, 5.74) is -3.65. The number of aliphatic hydroxyl groups excluding tert-OH is 3. The Bertz CT molecular complexity index is 1990. The molecule has 1 unspecified atom stereocenters. The summed E-state index contributed by atoms with van der Waals surface area (Å²) in [7, 11) is 5.26. The minimum Gasteiger partial charge on any atom is -0.459 e. The Morgan fingerprint density at radius 2 is 1.61 bits per heavy atom. The lowest BCUT2D eigenvalue weighted by molar-refractivity contribution is -0.318. The van der Waals surface area contributed by atoms with Crippen LogP contribution in [0.3, 0.4) is 0 Å². The van der Waals surface area contributed by atoms with E-state index in [1.807, 2.05) is 101 Å². The first-order valence-electron chi connectivity index (χ1n) is 25.5. The van der Waals surface area contributed by atoms with Crippen molar-refractivity contribution in [3.63, 3.8) is 0 Å². The Hall–Kier alpha value is -3.04. The highest BCUT2D eigenvalue weighted by molar-refractivity contribution is 5.86. The first kappa shape index (κ1) is 57.9. The molecule has 70 heavy (non-hydrogen) atoms. The van der Waals surface area contributed by atoms with E-state index in [9.17, 15) is 35.1 Å². The van der Waals surface area contributed by atoms with Crippen LogP contribution in [0, 0.1) is 17.8 Å². The van der Waals surface area contributed by atoms with Crippen LogP contribution >= 0.6 is 0 Å². The number of carbonyl (C=O) groups is 2. The van der Waals surface area contributed by atoms with Gasteiger partial charge in [-0.05, 0) is 117 Å². The summed E-state index contributed by atoms with van der Waals surface area (Å²) in [5.74, 6) is -2.89. The van der Waals surface area contributed by atoms with Crippen LogP contribution in [0.2, 0.25) is 0 Å². The zero-order valence-corrected chi connectivity index (χ0v) is 44.3. The summed E-state index contributed by atoms with van der Waals surface area (Å²) in [6.07, 6.45) is -8.58. The molecular formula is C53H88N4O13. The second kappa shape index (κ2) is 24.3. The number of urea groups is 1. The molecule has 2 aromatic carbocycles. The maximum atomic E-state index is 14.6. The van der Waals surface area contributed by atoms with Crippen LogP contribution in [0.1, 0.15) is 120 Å². The van der Waals surface area contributed by atoms with Gasteiger partial charge < -0.3 is 69.5 Å². The molecule has 0 aromatic heterocycles. The Kier molecular flexibility index (Phi) is 20.1. The Labute approximate surface area is 416 Å². The number of benzene rings is 2. The number of ether oxygens (including phenoxy) is 6. The van der Waals surface area contributed by atoms with Crippen LogP contribution in [0.15, 0.2) is 42.5 Å². The molecule has 0 spiro atoms. The molecule has 7 N–H and O–H groups in total. The molecule has 0 radical (unpaired) electrons. The normalized spacial score (nSPS) is 40.2. The number of esters is 1. The highest BCUT2D eigenvalue weighted by Gasteiger charge is 2.53. The van der Waals surface area contributed by atoms with Crippen molar-refractivity contribution < 1.29 is 63.5 Å². The number of aliphatic hydroxyl groups is 5. The van der Waals surface area contributed by atoms with Gasteiger partial charge in [-0.2, -0.15) is 0 Å². The topological polar surface area (TPSA) is 221 Å². The summed E-state index contributed by atoms with van der Waals surface area (Å²) in [6.45, 7) is 20.5. The Morgan fingerprint density at radius 1 is 0.943 bits per heavy atom. The third-order valence-corrected chi connectivity index (χ3v) is 15.6. The van der Waals surface area contributed by atoms with Gasteiger partial charge in [-0.15, -0.1) is 0 Å². The van der Waals surface area contributed by atoms with Crippen molar-refractivity contribution in [3.05, 3.63) is 48.0 Å². The first-order chi connectivity index (χ1) is 32.8. The molecule has 3 aliphatic rings. The average Bonchev–Trinajstić information content (AvgIpc) is 3.30. The van der Waals surface area contributed by atoms with Gasteiger partial charge in [0.2, 0.25) is 0 Å². The fraction of sp³-hybridized carbons (Fsp3) is 0.774. The molecule has 5 rings (SSSR count). The summed E-state index contributed by atoms with van der Waals surface area (Å²) in [5, 5.41) is 68.3. The zero-order valence-electron chi connectivity index (χ0n) is 44.3. The van der Waals surface area contributed by atoms with E-state index in [-0.39, 0.29) is 49.4 Å². The number of nitrogens with one attached hydrogen (secondary N) is 2. The smallest absolute Gasteiger partial charge is 0.315 e. The molecule has 19 atom stereocenters. The lowest BCUT2D eigenvalue weighted by Gasteiger charge is -2.48. The second-order valence-electron chi connectivity index (χ2n) is 21.8. The largest absolute Gasteiger partial charge is 0.459 e. The fourth-order valence-electron chi connectivity index (χ4n) is 11.3. The number of rotatable bonds is 13. The number of cyclic esters (lactones) is 1. The van der Waals surface area contributed by atoms with E-state index in [4.69, 9.17) is 28.4 Å². The Morgan fingerprint density at radius 3 is 2.27 bits per heavy atom. The lowest BCUT2D eigenvalue weighted by atomic mass is 9.77. The quantitative estimate of drug-likeness (QED) is 0.105. The van der Waals surface area contributed by atoms with Gasteiger partial charge in [-0.3, -0.25) is 9.69 Å². The predicted molar refractivity (Wildman–Crippen MR) is 267 cm³/mol. The molecule has 3 aliphatic heterocycles. The number of hydrogen-bond acceptors (Lipinski definition) is 15. The van der Waals surface area contributed by atoms with Gasteiger partial charge in [0, 0.05) is 51.2 Å². The van der Waals surface area contributed by atoms with Crippen LogP contribution in [0.5, 0.6) is 0 Å².